The number of carbonyl (C=O) groups excluding carboxylic acids is 1. The van der Waals surface area contributed by atoms with Crippen molar-refractivity contribution in [1.29, 1.82) is 0 Å². The number of pyridine rings is 1. The van der Waals surface area contributed by atoms with Gasteiger partial charge in [0.25, 0.3) is 0 Å². The van der Waals surface area contributed by atoms with Gasteiger partial charge < -0.3 is 11.1 Å². The van der Waals surface area contributed by atoms with Crippen molar-refractivity contribution in [3.8, 4) is 0 Å². The number of anilines is 1. The van der Waals surface area contributed by atoms with Crippen molar-refractivity contribution in [2.45, 2.75) is 24.8 Å². The molecule has 1 aliphatic heterocycles. The van der Waals surface area contributed by atoms with Crippen LogP contribution < -0.4 is 11.1 Å². The van der Waals surface area contributed by atoms with Crippen LogP contribution in [-0.4, -0.2) is 16.4 Å². The summed E-state index contributed by atoms with van der Waals surface area (Å²) in [6.07, 6.45) is 5.67. The van der Waals surface area contributed by atoms with Crippen LogP contribution in [0.3, 0.4) is 0 Å². The molecule has 102 valence electrons. The summed E-state index contributed by atoms with van der Waals surface area (Å²) < 4.78 is 0. The molecule has 0 saturated carbocycles. The molecule has 2 aromatic rings. The highest BCUT2D eigenvalue weighted by molar-refractivity contribution is 5.91. The normalized spacial score (nSPS) is 20.2. The van der Waals surface area contributed by atoms with E-state index in [1.165, 1.54) is 5.56 Å². The van der Waals surface area contributed by atoms with Crippen LogP contribution in [0, 0.1) is 0 Å². The number of aromatic nitrogens is 1. The van der Waals surface area contributed by atoms with Crippen LogP contribution in [0.4, 0.5) is 5.69 Å². The Hall–Kier alpha value is -2.36. The van der Waals surface area contributed by atoms with Gasteiger partial charge in [0.15, 0.2) is 0 Å². The fraction of sp³-hybridized carbons (Fsp3) is 0.250. The van der Waals surface area contributed by atoms with E-state index in [9.17, 15) is 4.79 Å². The van der Waals surface area contributed by atoms with E-state index in [4.69, 9.17) is 5.73 Å². The summed E-state index contributed by atoms with van der Waals surface area (Å²) in [6, 6.07) is 11.9. The van der Waals surface area contributed by atoms with Crippen LogP contribution >= 0.6 is 0 Å². The van der Waals surface area contributed by atoms with Crippen molar-refractivity contribution in [2.75, 3.05) is 5.32 Å². The highest BCUT2D eigenvalue weighted by Crippen LogP contribution is 2.35. The first-order valence-corrected chi connectivity index (χ1v) is 6.74. The highest BCUT2D eigenvalue weighted by atomic mass is 16.1. The van der Waals surface area contributed by atoms with Crippen molar-refractivity contribution in [3.63, 3.8) is 0 Å². The maximum absolute atomic E-state index is 12.0. The van der Waals surface area contributed by atoms with Crippen LogP contribution in [-0.2, 0) is 17.6 Å². The largest absolute Gasteiger partial charge is 0.371 e. The van der Waals surface area contributed by atoms with E-state index in [-0.39, 0.29) is 5.91 Å². The molecule has 0 fully saturated rings. The Labute approximate surface area is 118 Å². The lowest BCUT2D eigenvalue weighted by molar-refractivity contribution is -0.122. The van der Waals surface area contributed by atoms with E-state index in [2.05, 4.69) is 10.3 Å². The first-order valence-electron chi connectivity index (χ1n) is 6.74. The Kier molecular flexibility index (Phi) is 3.14. The predicted molar refractivity (Wildman–Crippen MR) is 78.3 cm³/mol. The Bertz CT molecular complexity index is 600. The van der Waals surface area contributed by atoms with Gasteiger partial charge >= 0.3 is 0 Å². The number of rotatable bonds is 4. The van der Waals surface area contributed by atoms with E-state index in [1.54, 1.807) is 12.4 Å². The molecule has 1 amide bonds. The first-order chi connectivity index (χ1) is 9.70. The van der Waals surface area contributed by atoms with Gasteiger partial charge in [-0.15, -0.1) is 0 Å². The monoisotopic (exact) mass is 267 g/mol. The zero-order valence-electron chi connectivity index (χ0n) is 11.2. The van der Waals surface area contributed by atoms with Crippen molar-refractivity contribution in [1.82, 2.24) is 4.98 Å². The summed E-state index contributed by atoms with van der Waals surface area (Å²) in [4.78, 5) is 16.0. The second-order valence-electron chi connectivity index (χ2n) is 5.26. The summed E-state index contributed by atoms with van der Waals surface area (Å²) in [5, 5.41) is 3.33. The zero-order valence-corrected chi connectivity index (χ0v) is 11.2. The van der Waals surface area contributed by atoms with Crippen LogP contribution in [0.1, 0.15) is 17.5 Å². The van der Waals surface area contributed by atoms with E-state index in [0.29, 0.717) is 12.8 Å². The minimum atomic E-state index is -0.674. The smallest absolute Gasteiger partial charge is 0.243 e. The van der Waals surface area contributed by atoms with E-state index < -0.39 is 5.54 Å². The number of hydrogen-bond donors (Lipinski definition) is 2. The molecule has 4 heteroatoms. The average molecular weight is 267 g/mol. The minimum absolute atomic E-state index is 0.289. The zero-order chi connectivity index (χ0) is 14.0. The second kappa shape index (κ2) is 4.96. The van der Waals surface area contributed by atoms with Gasteiger partial charge in [-0.1, -0.05) is 18.2 Å². The standard InChI is InChI=1S/C16H17N3O/c17-15(20)16(8-5-12-6-9-18-10-7-12)11-13-3-1-2-4-14(13)19-16/h1-4,6-7,9-10,19H,5,8,11H2,(H2,17,20). The Morgan fingerprint density at radius 1 is 1.25 bits per heavy atom. The number of fused-ring (bicyclic) bond motifs is 1. The summed E-state index contributed by atoms with van der Waals surface area (Å²) in [6.45, 7) is 0. The number of para-hydroxylation sites is 1. The molecule has 1 aromatic heterocycles. The van der Waals surface area contributed by atoms with Gasteiger partial charge in [-0.3, -0.25) is 9.78 Å². The fourth-order valence-corrected chi connectivity index (χ4v) is 2.75. The van der Waals surface area contributed by atoms with Gasteiger partial charge in [-0.05, 0) is 42.2 Å². The van der Waals surface area contributed by atoms with Crippen LogP contribution in [0.2, 0.25) is 0 Å². The van der Waals surface area contributed by atoms with Gasteiger partial charge in [0.2, 0.25) is 5.91 Å². The van der Waals surface area contributed by atoms with Crippen LogP contribution in [0.25, 0.3) is 0 Å². The number of primary amides is 1. The molecule has 3 rings (SSSR count). The molecule has 0 spiro atoms. The van der Waals surface area contributed by atoms with Gasteiger partial charge in [-0.25, -0.2) is 0 Å². The average Bonchev–Trinajstić information content (AvgIpc) is 2.86. The third-order valence-electron chi connectivity index (χ3n) is 3.95. The van der Waals surface area contributed by atoms with Gasteiger partial charge in [0.05, 0.1) is 0 Å². The maximum Gasteiger partial charge on any atom is 0.243 e. The molecule has 20 heavy (non-hydrogen) atoms. The molecule has 1 aromatic carbocycles. The Morgan fingerprint density at radius 3 is 2.70 bits per heavy atom. The topological polar surface area (TPSA) is 68.0 Å². The lowest BCUT2D eigenvalue weighted by atomic mass is 9.88. The van der Waals surface area contributed by atoms with Crippen LogP contribution in [0.15, 0.2) is 48.8 Å². The summed E-state index contributed by atoms with van der Waals surface area (Å²) in [5.41, 5.74) is 8.32. The first kappa shape index (κ1) is 12.7. The number of amides is 1. The van der Waals surface area contributed by atoms with Gasteiger partial charge in [-0.2, -0.15) is 0 Å². The molecule has 0 aliphatic carbocycles. The van der Waals surface area contributed by atoms with Crippen molar-refractivity contribution < 1.29 is 4.79 Å². The summed E-state index contributed by atoms with van der Waals surface area (Å²) in [5.74, 6) is -0.289. The van der Waals surface area contributed by atoms with Gasteiger partial charge in [0, 0.05) is 24.5 Å². The SMILES string of the molecule is NC(=O)C1(CCc2ccncc2)Cc2ccccc2N1. The number of hydrogen-bond acceptors (Lipinski definition) is 3. The Morgan fingerprint density at radius 2 is 2.00 bits per heavy atom. The Balaban J connectivity index is 1.80. The molecule has 3 N–H and O–H groups in total. The molecule has 2 heterocycles. The fourth-order valence-electron chi connectivity index (χ4n) is 2.75. The number of aryl methyl sites for hydroxylation is 1. The molecule has 1 aliphatic rings. The molecule has 0 saturated heterocycles. The molecular formula is C16H17N3O. The maximum atomic E-state index is 12.0. The number of carbonyl (C=O) groups is 1. The second-order valence-corrected chi connectivity index (χ2v) is 5.26. The number of nitrogens with zero attached hydrogens (tertiary/aromatic N) is 1. The van der Waals surface area contributed by atoms with Gasteiger partial charge in [0.1, 0.15) is 5.54 Å². The van der Waals surface area contributed by atoms with Crippen molar-refractivity contribution in [3.05, 3.63) is 59.9 Å². The minimum Gasteiger partial charge on any atom is -0.371 e. The third-order valence-corrected chi connectivity index (χ3v) is 3.95. The third kappa shape index (κ3) is 2.25. The molecule has 1 atom stereocenters. The summed E-state index contributed by atoms with van der Waals surface area (Å²) >= 11 is 0. The summed E-state index contributed by atoms with van der Waals surface area (Å²) in [7, 11) is 0. The quantitative estimate of drug-likeness (QED) is 0.889. The highest BCUT2D eigenvalue weighted by Gasteiger charge is 2.41. The number of nitrogens with two attached hydrogens (primary N) is 1. The van der Waals surface area contributed by atoms with Crippen LogP contribution in [0.5, 0.6) is 0 Å². The molecule has 0 radical (unpaired) electrons. The van der Waals surface area contributed by atoms with E-state index in [1.807, 2.05) is 36.4 Å². The van der Waals surface area contributed by atoms with Crippen molar-refractivity contribution in [2.24, 2.45) is 5.73 Å². The van der Waals surface area contributed by atoms with E-state index >= 15 is 0 Å². The van der Waals surface area contributed by atoms with Crippen molar-refractivity contribution >= 4 is 11.6 Å². The number of nitrogens with one attached hydrogen (secondary N) is 1. The van der Waals surface area contributed by atoms with E-state index in [0.717, 1.165) is 17.7 Å². The molecule has 1 unspecified atom stereocenters. The molecule has 4 nitrogen and oxygen atoms in total. The molecular weight excluding hydrogens is 250 g/mol. The lowest BCUT2D eigenvalue weighted by Gasteiger charge is -2.26. The molecule has 0 bridgehead atoms. The lowest BCUT2D eigenvalue weighted by Crippen LogP contribution is -2.49. The predicted octanol–water partition coefficient (Wildman–Crippen LogP) is 1.91. The number of benzene rings is 1.